The molecular weight excluding hydrogens is 893 g/mol. The molecule has 1 aliphatic carbocycles. The second kappa shape index (κ2) is 18.3. The lowest BCUT2D eigenvalue weighted by atomic mass is 9.86. The van der Waals surface area contributed by atoms with Gasteiger partial charge in [-0.1, -0.05) is 188 Å². The normalized spacial score (nSPS) is 12.2. The molecule has 348 valence electrons. The van der Waals surface area contributed by atoms with Gasteiger partial charge in [-0.2, -0.15) is 0 Å². The van der Waals surface area contributed by atoms with Crippen LogP contribution < -0.4 is 4.90 Å². The molecule has 1 aromatic heterocycles. The van der Waals surface area contributed by atoms with E-state index in [9.17, 15) is 0 Å². The predicted molar refractivity (Wildman–Crippen MR) is 315 cm³/mol. The number of hydrogen-bond acceptors (Lipinski definition) is 1. The van der Waals surface area contributed by atoms with Crippen molar-refractivity contribution in [3.8, 4) is 61.3 Å². The van der Waals surface area contributed by atoms with Crippen LogP contribution in [0.25, 0.3) is 111 Å². The molecular formula is C72H50N2. The fourth-order valence-electron chi connectivity index (χ4n) is 11.7. The smallest absolute Gasteiger partial charge is 0.0547 e. The van der Waals surface area contributed by atoms with E-state index in [1.54, 1.807) is 0 Å². The minimum absolute atomic E-state index is 1.06. The molecule has 0 saturated carbocycles. The number of nitrogens with zero attached hydrogens (tertiary/aromatic N) is 2. The maximum atomic E-state index is 2.43. The molecule has 0 bridgehead atoms. The third-order valence-electron chi connectivity index (χ3n) is 15.2. The van der Waals surface area contributed by atoms with Crippen molar-refractivity contribution < 1.29 is 0 Å². The van der Waals surface area contributed by atoms with Crippen LogP contribution in [0.4, 0.5) is 17.1 Å². The third-order valence-corrected chi connectivity index (χ3v) is 15.2. The highest BCUT2D eigenvalue weighted by Crippen LogP contribution is 2.45. The Morgan fingerprint density at radius 1 is 0.324 bits per heavy atom. The minimum atomic E-state index is 1.06. The van der Waals surface area contributed by atoms with Crippen LogP contribution in [-0.4, -0.2) is 4.57 Å². The second-order valence-electron chi connectivity index (χ2n) is 19.6. The zero-order chi connectivity index (χ0) is 49.0. The first-order chi connectivity index (χ1) is 36.7. The van der Waals surface area contributed by atoms with Crippen LogP contribution in [0.15, 0.2) is 273 Å². The Morgan fingerprint density at radius 2 is 0.878 bits per heavy atom. The van der Waals surface area contributed by atoms with Crippen LogP contribution in [0, 0.1) is 0 Å². The second-order valence-corrected chi connectivity index (χ2v) is 19.6. The number of hydrogen-bond donors (Lipinski definition) is 0. The van der Waals surface area contributed by atoms with Crippen molar-refractivity contribution in [2.24, 2.45) is 0 Å². The van der Waals surface area contributed by atoms with Gasteiger partial charge in [0.15, 0.2) is 0 Å². The standard InChI is InChI=1S/C72H50N2/c1-4-18-49(19-5-1)57-42-58(50-20-6-2-7-21-50)44-59(43-57)51-34-38-61(39-35-51)73(62-40-36-52(37-41-62)68-47-56-24-12-13-29-64(56)66-30-14-15-31-67(66)68)63-28-16-25-55(45-63)65-32-17-33-70-72(65)69-46-53-22-10-11-23-54(53)48-71(69)74(70)60-26-8-3-9-27-60/h1-13,15-29,31-48H,14,30H2. The van der Waals surface area contributed by atoms with Gasteiger partial charge in [0.2, 0.25) is 0 Å². The maximum Gasteiger partial charge on any atom is 0.0547 e. The molecule has 0 unspecified atom stereocenters. The predicted octanol–water partition coefficient (Wildman–Crippen LogP) is 19.9. The number of para-hydroxylation sites is 1. The van der Waals surface area contributed by atoms with Gasteiger partial charge in [0.1, 0.15) is 0 Å². The number of aryl methyl sites for hydroxylation is 1. The molecule has 0 atom stereocenters. The highest BCUT2D eigenvalue weighted by atomic mass is 15.1. The van der Waals surface area contributed by atoms with Gasteiger partial charge in [-0.25, -0.2) is 0 Å². The molecule has 2 nitrogen and oxygen atoms in total. The van der Waals surface area contributed by atoms with Gasteiger partial charge in [-0.15, -0.1) is 0 Å². The van der Waals surface area contributed by atoms with Gasteiger partial charge in [-0.3, -0.25) is 0 Å². The van der Waals surface area contributed by atoms with E-state index in [1.807, 2.05) is 0 Å². The average molecular weight is 943 g/mol. The van der Waals surface area contributed by atoms with Gasteiger partial charge in [0, 0.05) is 33.5 Å². The Kier molecular flexibility index (Phi) is 10.7. The number of anilines is 3. The van der Waals surface area contributed by atoms with Gasteiger partial charge < -0.3 is 9.47 Å². The Labute approximate surface area is 432 Å². The van der Waals surface area contributed by atoms with Crippen molar-refractivity contribution >= 4 is 66.5 Å². The summed E-state index contributed by atoms with van der Waals surface area (Å²) in [6.45, 7) is 0. The lowest BCUT2D eigenvalue weighted by Crippen LogP contribution is -2.10. The topological polar surface area (TPSA) is 8.17 Å². The van der Waals surface area contributed by atoms with Crippen LogP contribution >= 0.6 is 0 Å². The molecule has 74 heavy (non-hydrogen) atoms. The van der Waals surface area contributed by atoms with Crippen molar-refractivity contribution in [1.29, 1.82) is 0 Å². The molecule has 0 spiro atoms. The molecule has 0 amide bonds. The fourth-order valence-corrected chi connectivity index (χ4v) is 11.7. The molecule has 0 aliphatic heterocycles. The maximum absolute atomic E-state index is 2.43. The van der Waals surface area contributed by atoms with E-state index in [4.69, 9.17) is 0 Å². The van der Waals surface area contributed by atoms with E-state index in [0.717, 1.165) is 46.7 Å². The number of allylic oxidation sites excluding steroid dienone is 1. The van der Waals surface area contributed by atoms with E-state index in [0.29, 0.717) is 0 Å². The molecule has 0 radical (unpaired) electrons. The first-order valence-electron chi connectivity index (χ1n) is 25.8. The molecule has 0 fully saturated rings. The molecule has 13 aromatic rings. The monoisotopic (exact) mass is 942 g/mol. The number of rotatable bonds is 9. The summed E-state index contributed by atoms with van der Waals surface area (Å²) in [5, 5.41) is 7.60. The number of aromatic nitrogens is 1. The SMILES string of the molecule is C1=Cc2c(-c3ccc(N(c4ccc(-c5cc(-c6ccccc6)cc(-c6ccccc6)c5)cc4)c4cccc(-c5cccc6c5c5cc7ccccc7cc5n6-c5ccccc5)c4)cc3)cc3ccccc3c2CC1. The zero-order valence-electron chi connectivity index (χ0n) is 40.9. The van der Waals surface area contributed by atoms with E-state index < -0.39 is 0 Å². The Balaban J connectivity index is 0.923. The Bertz CT molecular complexity index is 4200. The first-order valence-corrected chi connectivity index (χ1v) is 25.8. The highest BCUT2D eigenvalue weighted by molar-refractivity contribution is 6.19. The summed E-state index contributed by atoms with van der Waals surface area (Å²) in [5.74, 6) is 0. The van der Waals surface area contributed by atoms with Crippen molar-refractivity contribution in [2.75, 3.05) is 4.90 Å². The first kappa shape index (κ1) is 43.3. The van der Waals surface area contributed by atoms with Crippen molar-refractivity contribution in [3.63, 3.8) is 0 Å². The van der Waals surface area contributed by atoms with Gasteiger partial charge in [0.25, 0.3) is 0 Å². The van der Waals surface area contributed by atoms with Gasteiger partial charge in [0.05, 0.1) is 11.0 Å². The van der Waals surface area contributed by atoms with E-state index in [1.165, 1.54) is 99.0 Å². The Hall–Kier alpha value is -9.50. The lowest BCUT2D eigenvalue weighted by molar-refractivity contribution is 0.998. The summed E-state index contributed by atoms with van der Waals surface area (Å²) >= 11 is 0. The van der Waals surface area contributed by atoms with Crippen LogP contribution in [0.2, 0.25) is 0 Å². The summed E-state index contributed by atoms with van der Waals surface area (Å²) in [5.41, 5.74) is 21.6. The molecule has 12 aromatic carbocycles. The molecule has 1 aliphatic rings. The number of benzene rings is 12. The van der Waals surface area contributed by atoms with Crippen molar-refractivity contribution in [1.82, 2.24) is 4.57 Å². The van der Waals surface area contributed by atoms with Crippen molar-refractivity contribution in [2.45, 2.75) is 12.8 Å². The average Bonchev–Trinajstić information content (AvgIpc) is 3.81. The molecule has 0 saturated heterocycles. The van der Waals surface area contributed by atoms with E-state index >= 15 is 0 Å². The van der Waals surface area contributed by atoms with E-state index in [-0.39, 0.29) is 0 Å². The largest absolute Gasteiger partial charge is 0.310 e. The van der Waals surface area contributed by atoms with Crippen LogP contribution in [0.3, 0.4) is 0 Å². The molecule has 1 heterocycles. The molecule has 2 heteroatoms. The molecule has 0 N–H and O–H groups in total. The van der Waals surface area contributed by atoms with Crippen molar-refractivity contribution in [3.05, 3.63) is 284 Å². The Morgan fingerprint density at radius 3 is 1.55 bits per heavy atom. The highest BCUT2D eigenvalue weighted by Gasteiger charge is 2.21. The molecule has 14 rings (SSSR count). The summed E-state index contributed by atoms with van der Waals surface area (Å²) < 4.78 is 2.43. The quantitative estimate of drug-likeness (QED) is 0.140. The van der Waals surface area contributed by atoms with Gasteiger partial charge in [-0.05, 0) is 192 Å². The summed E-state index contributed by atoms with van der Waals surface area (Å²) in [6.07, 6.45) is 6.79. The number of fused-ring (bicyclic) bond motifs is 7. The van der Waals surface area contributed by atoms with Crippen LogP contribution in [0.5, 0.6) is 0 Å². The minimum Gasteiger partial charge on any atom is -0.310 e. The van der Waals surface area contributed by atoms with Crippen LogP contribution in [0.1, 0.15) is 17.5 Å². The summed E-state index contributed by atoms with van der Waals surface area (Å²) in [4.78, 5) is 2.42. The van der Waals surface area contributed by atoms with E-state index in [2.05, 4.69) is 289 Å². The summed E-state index contributed by atoms with van der Waals surface area (Å²) in [7, 11) is 0. The zero-order valence-corrected chi connectivity index (χ0v) is 40.9. The van der Waals surface area contributed by atoms with Crippen LogP contribution in [-0.2, 0) is 6.42 Å². The summed E-state index contributed by atoms with van der Waals surface area (Å²) in [6, 6.07) is 98.2. The fraction of sp³-hybridized carbons (Fsp3) is 0.0278. The van der Waals surface area contributed by atoms with Gasteiger partial charge >= 0.3 is 0 Å². The third kappa shape index (κ3) is 7.67. The lowest BCUT2D eigenvalue weighted by Gasteiger charge is -2.27.